The van der Waals surface area contributed by atoms with E-state index in [4.69, 9.17) is 0 Å². The van der Waals surface area contributed by atoms with Gasteiger partial charge in [-0.05, 0) is 31.0 Å². The Labute approximate surface area is 138 Å². The first-order chi connectivity index (χ1) is 10.7. The van der Waals surface area contributed by atoms with Crippen molar-refractivity contribution in [1.82, 2.24) is 25.5 Å². The average Bonchev–Trinajstić information content (AvgIpc) is 3.24. The number of thioether (sulfide) groups is 1. The molecular formula is C14H12BrN5OS. The van der Waals surface area contributed by atoms with Crippen LogP contribution in [0.25, 0.3) is 22.1 Å². The van der Waals surface area contributed by atoms with E-state index in [0.717, 1.165) is 33.7 Å². The molecule has 1 saturated carbocycles. The Bertz CT molecular complexity index is 876. The van der Waals surface area contributed by atoms with Crippen LogP contribution < -0.4 is 5.32 Å². The van der Waals surface area contributed by atoms with E-state index in [1.54, 1.807) is 0 Å². The summed E-state index contributed by atoms with van der Waals surface area (Å²) in [4.78, 5) is 19.4. The maximum absolute atomic E-state index is 11.7. The fraction of sp³-hybridized carbons (Fsp3) is 0.286. The summed E-state index contributed by atoms with van der Waals surface area (Å²) < 4.78 is 0.984. The highest BCUT2D eigenvalue weighted by molar-refractivity contribution is 9.10. The van der Waals surface area contributed by atoms with Gasteiger partial charge in [0.05, 0.1) is 5.75 Å². The SMILES string of the molecule is O=C(CSc1nnc2c(n1)[nH]c1ccc(Br)cc12)NC1CC1. The molecule has 0 radical (unpaired) electrons. The molecule has 1 fully saturated rings. The Morgan fingerprint density at radius 2 is 2.27 bits per heavy atom. The first-order valence-corrected chi connectivity index (χ1v) is 8.71. The number of aromatic nitrogens is 4. The van der Waals surface area contributed by atoms with Gasteiger partial charge in [-0.15, -0.1) is 10.2 Å². The van der Waals surface area contributed by atoms with Crippen molar-refractivity contribution in [2.75, 3.05) is 5.75 Å². The molecule has 2 heterocycles. The van der Waals surface area contributed by atoms with Crippen molar-refractivity contribution in [3.63, 3.8) is 0 Å². The molecule has 6 nitrogen and oxygen atoms in total. The minimum absolute atomic E-state index is 0.0248. The lowest BCUT2D eigenvalue weighted by Gasteiger charge is -2.01. The quantitative estimate of drug-likeness (QED) is 0.682. The van der Waals surface area contributed by atoms with Crippen molar-refractivity contribution < 1.29 is 4.79 Å². The van der Waals surface area contributed by atoms with E-state index < -0.39 is 0 Å². The lowest BCUT2D eigenvalue weighted by molar-refractivity contribution is -0.118. The number of benzene rings is 1. The van der Waals surface area contributed by atoms with E-state index in [2.05, 4.69) is 41.4 Å². The Hall–Kier alpha value is -1.67. The van der Waals surface area contributed by atoms with Gasteiger partial charge < -0.3 is 10.3 Å². The molecule has 8 heteroatoms. The van der Waals surface area contributed by atoms with E-state index >= 15 is 0 Å². The zero-order valence-electron chi connectivity index (χ0n) is 11.5. The number of aromatic amines is 1. The largest absolute Gasteiger partial charge is 0.353 e. The molecule has 0 bridgehead atoms. The number of fused-ring (bicyclic) bond motifs is 3. The summed E-state index contributed by atoms with van der Waals surface area (Å²) in [5.74, 6) is 0.340. The number of carbonyl (C=O) groups is 1. The molecule has 3 aromatic rings. The zero-order chi connectivity index (χ0) is 15.1. The molecule has 112 valence electrons. The maximum atomic E-state index is 11.7. The summed E-state index contributed by atoms with van der Waals surface area (Å²) in [7, 11) is 0. The number of hydrogen-bond donors (Lipinski definition) is 2. The number of nitrogens with zero attached hydrogens (tertiary/aromatic N) is 3. The molecule has 0 saturated heterocycles. The van der Waals surface area contributed by atoms with E-state index in [-0.39, 0.29) is 5.91 Å². The molecule has 0 spiro atoms. The Balaban J connectivity index is 1.57. The van der Waals surface area contributed by atoms with Crippen molar-refractivity contribution >= 4 is 55.7 Å². The minimum atomic E-state index is 0.0248. The molecule has 4 rings (SSSR count). The minimum Gasteiger partial charge on any atom is -0.353 e. The summed E-state index contributed by atoms with van der Waals surface area (Å²) in [6, 6.07) is 6.30. The predicted octanol–water partition coefficient (Wildman–Crippen LogP) is 2.64. The second-order valence-corrected chi connectivity index (χ2v) is 7.10. The monoisotopic (exact) mass is 377 g/mol. The van der Waals surface area contributed by atoms with Crippen molar-refractivity contribution in [2.45, 2.75) is 24.0 Å². The number of halogens is 1. The van der Waals surface area contributed by atoms with Gasteiger partial charge in [-0.25, -0.2) is 4.98 Å². The van der Waals surface area contributed by atoms with Crippen LogP contribution in [0, 0.1) is 0 Å². The molecule has 22 heavy (non-hydrogen) atoms. The van der Waals surface area contributed by atoms with Crippen molar-refractivity contribution in [3.05, 3.63) is 22.7 Å². The highest BCUT2D eigenvalue weighted by Crippen LogP contribution is 2.26. The van der Waals surface area contributed by atoms with Crippen LogP contribution in [-0.4, -0.2) is 37.9 Å². The third-order valence-electron chi connectivity index (χ3n) is 3.43. The predicted molar refractivity (Wildman–Crippen MR) is 88.8 cm³/mol. The molecule has 0 aliphatic heterocycles. The van der Waals surface area contributed by atoms with Gasteiger partial charge >= 0.3 is 0 Å². The molecule has 1 amide bonds. The molecule has 1 aliphatic carbocycles. The summed E-state index contributed by atoms with van der Waals surface area (Å²) in [6.45, 7) is 0. The van der Waals surface area contributed by atoms with Crippen LogP contribution in [0.5, 0.6) is 0 Å². The third kappa shape index (κ3) is 2.80. The number of carbonyl (C=O) groups excluding carboxylic acids is 1. The topological polar surface area (TPSA) is 83.6 Å². The number of amides is 1. The van der Waals surface area contributed by atoms with Crippen LogP contribution in [-0.2, 0) is 4.79 Å². The molecule has 1 aromatic carbocycles. The number of hydrogen-bond acceptors (Lipinski definition) is 5. The van der Waals surface area contributed by atoms with E-state index in [1.807, 2.05) is 18.2 Å². The number of H-pyrrole nitrogens is 1. The van der Waals surface area contributed by atoms with Crippen LogP contribution in [0.2, 0.25) is 0 Å². The molecule has 0 atom stereocenters. The lowest BCUT2D eigenvalue weighted by Crippen LogP contribution is -2.27. The second kappa shape index (κ2) is 5.51. The van der Waals surface area contributed by atoms with Crippen LogP contribution in [0.4, 0.5) is 0 Å². The normalized spacial score (nSPS) is 14.6. The van der Waals surface area contributed by atoms with Crippen molar-refractivity contribution in [2.24, 2.45) is 0 Å². The van der Waals surface area contributed by atoms with Gasteiger partial charge in [0.15, 0.2) is 5.65 Å². The summed E-state index contributed by atoms with van der Waals surface area (Å²) in [5, 5.41) is 12.8. The standard InChI is InChI=1S/C14H12BrN5OS/c15-7-1-4-10-9(5-7)12-13(17-10)18-14(20-19-12)22-6-11(21)16-8-2-3-8/h1,4-5,8H,2-3,6H2,(H,16,21)(H,17,18,20). The first-order valence-electron chi connectivity index (χ1n) is 6.93. The third-order valence-corrected chi connectivity index (χ3v) is 4.76. The molecular weight excluding hydrogens is 366 g/mol. The van der Waals surface area contributed by atoms with Gasteiger partial charge in [-0.2, -0.15) is 0 Å². The average molecular weight is 378 g/mol. The molecule has 2 N–H and O–H groups in total. The van der Waals surface area contributed by atoms with Crippen LogP contribution >= 0.6 is 27.7 Å². The van der Waals surface area contributed by atoms with Gasteiger partial charge in [0.1, 0.15) is 5.52 Å². The van der Waals surface area contributed by atoms with Crippen LogP contribution in [0.15, 0.2) is 27.8 Å². The number of rotatable bonds is 4. The highest BCUT2D eigenvalue weighted by atomic mass is 79.9. The van der Waals surface area contributed by atoms with Gasteiger partial charge in [-0.1, -0.05) is 27.7 Å². The van der Waals surface area contributed by atoms with Crippen molar-refractivity contribution in [3.8, 4) is 0 Å². The van der Waals surface area contributed by atoms with Gasteiger partial charge in [0.25, 0.3) is 0 Å². The zero-order valence-corrected chi connectivity index (χ0v) is 13.9. The fourth-order valence-corrected chi connectivity index (χ4v) is 3.18. The summed E-state index contributed by atoms with van der Waals surface area (Å²) in [6.07, 6.45) is 2.18. The van der Waals surface area contributed by atoms with E-state index in [0.29, 0.717) is 22.6 Å². The van der Waals surface area contributed by atoms with Crippen LogP contribution in [0.1, 0.15) is 12.8 Å². The summed E-state index contributed by atoms with van der Waals surface area (Å²) >= 11 is 4.75. The fourth-order valence-electron chi connectivity index (χ4n) is 2.22. The number of nitrogens with one attached hydrogen (secondary N) is 2. The smallest absolute Gasteiger partial charge is 0.230 e. The van der Waals surface area contributed by atoms with Crippen LogP contribution in [0.3, 0.4) is 0 Å². The second-order valence-electron chi connectivity index (χ2n) is 5.24. The van der Waals surface area contributed by atoms with Gasteiger partial charge in [0.2, 0.25) is 11.1 Å². The van der Waals surface area contributed by atoms with Gasteiger partial charge in [0, 0.05) is 21.4 Å². The molecule has 2 aromatic heterocycles. The van der Waals surface area contributed by atoms with Crippen molar-refractivity contribution in [1.29, 1.82) is 0 Å². The molecule has 0 unspecified atom stereocenters. The lowest BCUT2D eigenvalue weighted by atomic mass is 10.2. The Morgan fingerprint density at radius 1 is 1.41 bits per heavy atom. The highest BCUT2D eigenvalue weighted by Gasteiger charge is 2.23. The summed E-state index contributed by atoms with van der Waals surface area (Å²) in [5.41, 5.74) is 2.39. The van der Waals surface area contributed by atoms with E-state index in [1.165, 1.54) is 11.8 Å². The maximum Gasteiger partial charge on any atom is 0.230 e. The van der Waals surface area contributed by atoms with Gasteiger partial charge in [-0.3, -0.25) is 4.79 Å². The molecule has 1 aliphatic rings. The Kier molecular flexibility index (Phi) is 3.50. The Morgan fingerprint density at radius 3 is 3.09 bits per heavy atom. The van der Waals surface area contributed by atoms with E-state index in [9.17, 15) is 4.79 Å². The first kappa shape index (κ1) is 14.0.